The van der Waals surface area contributed by atoms with Crippen molar-refractivity contribution < 1.29 is 19.0 Å². The van der Waals surface area contributed by atoms with Gasteiger partial charge in [0.05, 0.1) is 14.2 Å². The summed E-state index contributed by atoms with van der Waals surface area (Å²) < 4.78 is 16.5. The highest BCUT2D eigenvalue weighted by Crippen LogP contribution is 2.24. The largest absolute Gasteiger partial charge is 0.497 e. The Balaban J connectivity index is 1.76. The van der Waals surface area contributed by atoms with Crippen LogP contribution in [0.3, 0.4) is 0 Å². The van der Waals surface area contributed by atoms with E-state index in [1.54, 1.807) is 38.5 Å². The highest BCUT2D eigenvalue weighted by Gasteiger charge is 2.12. The van der Waals surface area contributed by atoms with Gasteiger partial charge in [-0.3, -0.25) is 4.79 Å². The lowest BCUT2D eigenvalue weighted by molar-refractivity contribution is 0.102. The first-order valence-electron chi connectivity index (χ1n) is 8.91. The number of nitrogens with one attached hydrogen (secondary N) is 1. The number of hydrogen-bond acceptors (Lipinski definition) is 4. The molecule has 0 heterocycles. The average Bonchev–Trinajstić information content (AvgIpc) is 2.72. The second-order valence-corrected chi connectivity index (χ2v) is 6.32. The fourth-order valence-corrected chi connectivity index (χ4v) is 2.80. The molecule has 3 aromatic carbocycles. The minimum atomic E-state index is -0.215. The Bertz CT molecular complexity index is 968. The molecule has 0 aromatic heterocycles. The van der Waals surface area contributed by atoms with Crippen molar-refractivity contribution in [1.82, 2.24) is 0 Å². The van der Waals surface area contributed by atoms with Crippen LogP contribution in [-0.2, 0) is 6.61 Å². The van der Waals surface area contributed by atoms with Crippen LogP contribution in [-0.4, -0.2) is 20.1 Å². The lowest BCUT2D eigenvalue weighted by atomic mass is 10.1. The van der Waals surface area contributed by atoms with E-state index in [9.17, 15) is 4.79 Å². The molecule has 0 saturated carbocycles. The van der Waals surface area contributed by atoms with Crippen molar-refractivity contribution in [2.45, 2.75) is 13.5 Å². The van der Waals surface area contributed by atoms with E-state index >= 15 is 0 Å². The van der Waals surface area contributed by atoms with Gasteiger partial charge in [-0.1, -0.05) is 18.2 Å². The van der Waals surface area contributed by atoms with E-state index in [4.69, 9.17) is 14.2 Å². The summed E-state index contributed by atoms with van der Waals surface area (Å²) in [4.78, 5) is 12.7. The Morgan fingerprint density at radius 1 is 0.893 bits per heavy atom. The highest BCUT2D eigenvalue weighted by molar-refractivity contribution is 6.04. The third-order valence-electron chi connectivity index (χ3n) is 4.25. The molecule has 0 atom stereocenters. The Morgan fingerprint density at radius 2 is 1.68 bits per heavy atom. The quantitative estimate of drug-likeness (QED) is 0.640. The molecule has 144 valence electrons. The summed E-state index contributed by atoms with van der Waals surface area (Å²) in [5.41, 5.74) is 3.10. The van der Waals surface area contributed by atoms with Gasteiger partial charge in [0.2, 0.25) is 0 Å². The van der Waals surface area contributed by atoms with Crippen molar-refractivity contribution in [2.24, 2.45) is 0 Å². The molecule has 5 heteroatoms. The molecule has 1 amide bonds. The predicted octanol–water partition coefficient (Wildman–Crippen LogP) is 4.84. The number of ether oxygens (including phenoxy) is 3. The van der Waals surface area contributed by atoms with Gasteiger partial charge in [0.15, 0.2) is 0 Å². The lowest BCUT2D eigenvalue weighted by Crippen LogP contribution is -2.13. The predicted molar refractivity (Wildman–Crippen MR) is 109 cm³/mol. The zero-order chi connectivity index (χ0) is 19.9. The second-order valence-electron chi connectivity index (χ2n) is 6.32. The minimum absolute atomic E-state index is 0.215. The van der Waals surface area contributed by atoms with Gasteiger partial charge < -0.3 is 19.5 Å². The summed E-state index contributed by atoms with van der Waals surface area (Å²) in [6, 6.07) is 20.3. The van der Waals surface area contributed by atoms with Crippen LogP contribution in [0, 0.1) is 6.92 Å². The molecule has 0 aliphatic carbocycles. The van der Waals surface area contributed by atoms with Crippen LogP contribution < -0.4 is 19.5 Å². The van der Waals surface area contributed by atoms with E-state index in [2.05, 4.69) is 5.32 Å². The van der Waals surface area contributed by atoms with Gasteiger partial charge in [0.1, 0.15) is 23.9 Å². The zero-order valence-electron chi connectivity index (χ0n) is 16.2. The standard InChI is InChI=1S/C23H23NO4/c1-16-6-4-9-21(12-16)28-15-18-13-17(10-11-22(18)27-3)23(25)24-19-7-5-8-20(14-19)26-2/h4-14H,15H2,1-3H3,(H,24,25). The number of carbonyl (C=O) groups excluding carboxylic acids is 1. The summed E-state index contributed by atoms with van der Waals surface area (Å²) in [6.45, 7) is 2.31. The van der Waals surface area contributed by atoms with E-state index in [0.29, 0.717) is 29.4 Å². The molecule has 3 aromatic rings. The van der Waals surface area contributed by atoms with Crippen LogP contribution in [0.2, 0.25) is 0 Å². The first-order valence-corrected chi connectivity index (χ1v) is 8.91. The van der Waals surface area contributed by atoms with Crippen molar-refractivity contribution in [3.8, 4) is 17.2 Å². The zero-order valence-corrected chi connectivity index (χ0v) is 16.2. The molecule has 0 aliphatic rings. The molecule has 5 nitrogen and oxygen atoms in total. The maximum absolute atomic E-state index is 12.7. The van der Waals surface area contributed by atoms with Crippen molar-refractivity contribution >= 4 is 11.6 Å². The van der Waals surface area contributed by atoms with Crippen molar-refractivity contribution in [3.63, 3.8) is 0 Å². The molecule has 1 N–H and O–H groups in total. The number of carbonyl (C=O) groups is 1. The number of amides is 1. The van der Waals surface area contributed by atoms with Crippen LogP contribution in [0.15, 0.2) is 66.7 Å². The fourth-order valence-electron chi connectivity index (χ4n) is 2.80. The van der Waals surface area contributed by atoms with Gasteiger partial charge in [-0.2, -0.15) is 0 Å². The van der Waals surface area contributed by atoms with Gasteiger partial charge >= 0.3 is 0 Å². The Morgan fingerprint density at radius 3 is 2.43 bits per heavy atom. The Hall–Kier alpha value is -3.47. The van der Waals surface area contributed by atoms with E-state index < -0.39 is 0 Å². The van der Waals surface area contributed by atoms with Gasteiger partial charge in [0, 0.05) is 22.9 Å². The van der Waals surface area contributed by atoms with Gasteiger partial charge in [0.25, 0.3) is 5.91 Å². The normalized spacial score (nSPS) is 10.2. The molecule has 0 unspecified atom stereocenters. The number of anilines is 1. The van der Waals surface area contributed by atoms with Crippen molar-refractivity contribution in [3.05, 3.63) is 83.4 Å². The van der Waals surface area contributed by atoms with E-state index in [-0.39, 0.29) is 5.91 Å². The van der Waals surface area contributed by atoms with Gasteiger partial charge in [-0.05, 0) is 55.0 Å². The molecular weight excluding hydrogens is 354 g/mol. The summed E-state index contributed by atoms with van der Waals surface area (Å²) in [5.74, 6) is 1.91. The molecule has 3 rings (SSSR count). The molecule has 28 heavy (non-hydrogen) atoms. The third-order valence-corrected chi connectivity index (χ3v) is 4.25. The number of methoxy groups -OCH3 is 2. The van der Waals surface area contributed by atoms with Crippen LogP contribution in [0.5, 0.6) is 17.2 Å². The Kier molecular flexibility index (Phi) is 6.17. The Labute approximate surface area is 164 Å². The monoisotopic (exact) mass is 377 g/mol. The smallest absolute Gasteiger partial charge is 0.255 e. The molecule has 0 bridgehead atoms. The maximum atomic E-state index is 12.7. The minimum Gasteiger partial charge on any atom is -0.497 e. The topological polar surface area (TPSA) is 56.8 Å². The first-order chi connectivity index (χ1) is 13.6. The molecule has 0 spiro atoms. The first kappa shape index (κ1) is 19.3. The van der Waals surface area contributed by atoms with Crippen LogP contribution in [0.25, 0.3) is 0 Å². The molecule has 0 saturated heterocycles. The summed E-state index contributed by atoms with van der Waals surface area (Å²) in [6.07, 6.45) is 0. The molecular formula is C23H23NO4. The number of rotatable bonds is 7. The average molecular weight is 377 g/mol. The summed E-state index contributed by atoms with van der Waals surface area (Å²) in [5, 5.41) is 2.88. The fraction of sp³-hybridized carbons (Fsp3) is 0.174. The molecule has 0 radical (unpaired) electrons. The third kappa shape index (κ3) is 4.82. The maximum Gasteiger partial charge on any atom is 0.255 e. The number of hydrogen-bond donors (Lipinski definition) is 1. The highest BCUT2D eigenvalue weighted by atomic mass is 16.5. The summed E-state index contributed by atoms with van der Waals surface area (Å²) in [7, 11) is 3.19. The molecule has 0 fully saturated rings. The lowest BCUT2D eigenvalue weighted by Gasteiger charge is -2.13. The van der Waals surface area contributed by atoms with E-state index in [1.807, 2.05) is 49.4 Å². The van der Waals surface area contributed by atoms with Gasteiger partial charge in [-0.25, -0.2) is 0 Å². The molecule has 0 aliphatic heterocycles. The van der Waals surface area contributed by atoms with Crippen molar-refractivity contribution in [2.75, 3.05) is 19.5 Å². The van der Waals surface area contributed by atoms with Crippen LogP contribution >= 0.6 is 0 Å². The number of benzene rings is 3. The van der Waals surface area contributed by atoms with Crippen LogP contribution in [0.1, 0.15) is 21.5 Å². The number of aryl methyl sites for hydroxylation is 1. The summed E-state index contributed by atoms with van der Waals surface area (Å²) >= 11 is 0. The van der Waals surface area contributed by atoms with E-state index in [1.165, 1.54) is 0 Å². The van der Waals surface area contributed by atoms with Crippen molar-refractivity contribution in [1.29, 1.82) is 0 Å². The van der Waals surface area contributed by atoms with E-state index in [0.717, 1.165) is 16.9 Å². The second kappa shape index (κ2) is 8.95. The van der Waals surface area contributed by atoms with Crippen LogP contribution in [0.4, 0.5) is 5.69 Å². The van der Waals surface area contributed by atoms with Gasteiger partial charge in [-0.15, -0.1) is 0 Å². The SMILES string of the molecule is COc1cccc(NC(=O)c2ccc(OC)c(COc3cccc(C)c3)c2)c1.